The molecule has 0 aliphatic carbocycles. The quantitative estimate of drug-likeness (QED) is 0.536. The summed E-state index contributed by atoms with van der Waals surface area (Å²) in [6.07, 6.45) is 0. The molecule has 0 aromatic rings. The van der Waals surface area contributed by atoms with Crippen molar-refractivity contribution in [2.24, 2.45) is 0 Å². The Morgan fingerprint density at radius 1 is 0.824 bits per heavy atom. The van der Waals surface area contributed by atoms with Gasteiger partial charge in [-0.15, -0.1) is 0 Å². The van der Waals surface area contributed by atoms with Gasteiger partial charge in [0.2, 0.25) is 0 Å². The summed E-state index contributed by atoms with van der Waals surface area (Å²) < 4.78 is 6.71. The van der Waals surface area contributed by atoms with Crippen molar-refractivity contribution >= 4 is 32.4 Å². The molecule has 1 saturated heterocycles. The van der Waals surface area contributed by atoms with Gasteiger partial charge in [0.25, 0.3) is 0 Å². The Labute approximate surface area is 113 Å². The van der Waals surface area contributed by atoms with Crippen LogP contribution in [0.15, 0.2) is 0 Å². The predicted molar refractivity (Wildman–Crippen MR) is 90.5 cm³/mol. The van der Waals surface area contributed by atoms with Crippen LogP contribution in [-0.4, -0.2) is 41.0 Å². The summed E-state index contributed by atoms with van der Waals surface area (Å²) in [5, 5.41) is 0.966. The Hall–Kier alpha value is 1.04. The molecule has 0 radical (unpaired) electrons. The van der Waals surface area contributed by atoms with Crippen molar-refractivity contribution in [3.05, 3.63) is 0 Å². The lowest BCUT2D eigenvalue weighted by Crippen LogP contribution is -2.61. The van der Waals surface area contributed by atoms with Crippen LogP contribution >= 0.6 is 8.15 Å². The molecular weight excluding hydrogens is 275 g/mol. The van der Waals surface area contributed by atoms with Crippen LogP contribution in [0.3, 0.4) is 0 Å². The van der Waals surface area contributed by atoms with Gasteiger partial charge in [-0.1, -0.05) is 58.9 Å². The van der Waals surface area contributed by atoms with Crippen molar-refractivity contribution in [1.29, 1.82) is 0 Å². The minimum absolute atomic E-state index is 0.138. The Morgan fingerprint density at radius 2 is 1.18 bits per heavy atom. The summed E-state index contributed by atoms with van der Waals surface area (Å²) in [6, 6.07) is 0. The molecule has 1 heterocycles. The number of rotatable bonds is 4. The molecule has 1 nitrogen and oxygen atoms in total. The van der Waals surface area contributed by atoms with E-state index in [9.17, 15) is 0 Å². The van der Waals surface area contributed by atoms with Gasteiger partial charge in [0.15, 0.2) is 0 Å². The maximum Gasteiger partial charge on any atom is 0.0559 e. The van der Waals surface area contributed by atoms with Crippen LogP contribution in [0.5, 0.6) is 0 Å². The maximum absolute atomic E-state index is 6.04. The fourth-order valence-corrected chi connectivity index (χ4v) is 37.5. The fraction of sp³-hybridized carbons (Fsp3) is 1.00. The summed E-state index contributed by atoms with van der Waals surface area (Å²) in [7, 11) is -1.59. The molecule has 1 fully saturated rings. The van der Waals surface area contributed by atoms with Crippen molar-refractivity contribution < 1.29 is 4.52 Å². The monoisotopic (exact) mass is 306 g/mol. The lowest BCUT2D eigenvalue weighted by atomic mass is 10.9. The van der Waals surface area contributed by atoms with Gasteiger partial charge in [0.05, 0.1) is 24.2 Å². The largest absolute Gasteiger partial charge is 0.362 e. The molecular formula is C12H31OPSi3. The van der Waals surface area contributed by atoms with Crippen LogP contribution in [-0.2, 0) is 4.52 Å². The van der Waals surface area contributed by atoms with Crippen LogP contribution < -0.4 is 0 Å². The van der Waals surface area contributed by atoms with E-state index in [1.165, 1.54) is 0 Å². The van der Waals surface area contributed by atoms with Gasteiger partial charge in [-0.3, -0.25) is 0 Å². The molecule has 0 amide bonds. The molecule has 1 aliphatic rings. The van der Waals surface area contributed by atoms with Gasteiger partial charge < -0.3 is 4.52 Å². The van der Waals surface area contributed by atoms with Gasteiger partial charge in [0, 0.05) is 24.9 Å². The SMILES string of the molecule is CO[P@]1C([Si](C)(C)C)C1([Si](C)(C)C)[Si](C)(C)C. The maximum atomic E-state index is 6.04. The molecule has 17 heavy (non-hydrogen) atoms. The molecule has 0 saturated carbocycles. The van der Waals surface area contributed by atoms with Crippen LogP contribution in [0.4, 0.5) is 0 Å². The predicted octanol–water partition coefficient (Wildman–Crippen LogP) is 4.78. The highest BCUT2D eigenvalue weighted by Gasteiger charge is 2.78. The highest BCUT2D eigenvalue weighted by Crippen LogP contribution is 2.83. The fourth-order valence-electron chi connectivity index (χ4n) is 4.10. The average Bonchev–Trinajstić information content (AvgIpc) is 2.69. The van der Waals surface area contributed by atoms with Crippen LogP contribution in [0.1, 0.15) is 0 Å². The minimum atomic E-state index is -1.17. The first kappa shape index (κ1) is 16.1. The van der Waals surface area contributed by atoms with Crippen LogP contribution in [0, 0.1) is 0 Å². The van der Waals surface area contributed by atoms with E-state index in [0.717, 1.165) is 5.28 Å². The second-order valence-electron chi connectivity index (χ2n) is 8.54. The molecule has 1 rings (SSSR count). The van der Waals surface area contributed by atoms with Crippen molar-refractivity contribution in [2.75, 3.05) is 7.11 Å². The Bertz CT molecular complexity index is 284. The summed E-state index contributed by atoms with van der Waals surface area (Å²) in [5.74, 6) is 0. The van der Waals surface area contributed by atoms with Crippen molar-refractivity contribution in [3.8, 4) is 0 Å². The van der Waals surface area contributed by atoms with Crippen molar-refractivity contribution in [1.82, 2.24) is 0 Å². The zero-order valence-corrected chi connectivity index (χ0v) is 17.3. The van der Waals surface area contributed by atoms with E-state index in [4.69, 9.17) is 4.52 Å². The van der Waals surface area contributed by atoms with Gasteiger partial charge in [-0.05, 0) is 0 Å². The summed E-state index contributed by atoms with van der Waals surface area (Å²) in [5.41, 5.74) is 0. The lowest BCUT2D eigenvalue weighted by Gasteiger charge is -2.41. The topological polar surface area (TPSA) is 9.23 Å². The first-order valence-corrected chi connectivity index (χ1v) is 18.6. The standard InChI is InChI=1S/C12H31OPSi3/c1-13-14-11(15(2,3)4)12(14,16(5,6)7)17(8,9)10/h11H,1-10H3/t11?,14-/m1/s1. The van der Waals surface area contributed by atoms with E-state index in [-0.39, 0.29) is 8.15 Å². The third-order valence-corrected chi connectivity index (χ3v) is 27.5. The zero-order valence-electron chi connectivity index (χ0n) is 13.4. The molecule has 0 aromatic carbocycles. The van der Waals surface area contributed by atoms with E-state index in [2.05, 4.69) is 58.9 Å². The smallest absolute Gasteiger partial charge is 0.0559 e. The average molecular weight is 307 g/mol. The Balaban J connectivity index is 3.30. The van der Waals surface area contributed by atoms with E-state index in [1.807, 2.05) is 7.11 Å². The molecule has 0 bridgehead atoms. The first-order valence-electron chi connectivity index (χ1n) is 6.65. The zero-order chi connectivity index (χ0) is 13.9. The second-order valence-corrected chi connectivity index (χ2v) is 28.5. The highest BCUT2D eigenvalue weighted by atomic mass is 31.2. The third kappa shape index (κ3) is 2.29. The second kappa shape index (κ2) is 4.27. The van der Waals surface area contributed by atoms with Crippen LogP contribution in [0.25, 0.3) is 0 Å². The summed E-state index contributed by atoms with van der Waals surface area (Å²) in [4.78, 5) is 0. The van der Waals surface area contributed by atoms with E-state index < -0.39 is 24.2 Å². The molecule has 0 N–H and O–H groups in total. The Morgan fingerprint density at radius 3 is 1.24 bits per heavy atom. The molecule has 0 aromatic heterocycles. The molecule has 1 unspecified atom stereocenters. The van der Waals surface area contributed by atoms with E-state index >= 15 is 0 Å². The van der Waals surface area contributed by atoms with Gasteiger partial charge >= 0.3 is 0 Å². The van der Waals surface area contributed by atoms with Gasteiger partial charge in [-0.25, -0.2) is 0 Å². The molecule has 1 aliphatic heterocycles. The first-order chi connectivity index (χ1) is 7.31. The van der Waals surface area contributed by atoms with Gasteiger partial charge in [0.1, 0.15) is 0 Å². The number of hydrogen-bond donors (Lipinski definition) is 0. The van der Waals surface area contributed by atoms with E-state index in [1.54, 1.807) is 0 Å². The van der Waals surface area contributed by atoms with Crippen LogP contribution in [0.2, 0.25) is 58.9 Å². The molecule has 5 heteroatoms. The lowest BCUT2D eigenvalue weighted by molar-refractivity contribution is 0.473. The van der Waals surface area contributed by atoms with Crippen molar-refractivity contribution in [2.45, 2.75) is 68.6 Å². The Kier molecular flexibility index (Phi) is 4.04. The summed E-state index contributed by atoms with van der Waals surface area (Å²) in [6.45, 7) is 23.1. The number of hydrogen-bond acceptors (Lipinski definition) is 1. The normalized spacial score (nSPS) is 29.3. The molecule has 0 spiro atoms. The van der Waals surface area contributed by atoms with Gasteiger partial charge in [-0.2, -0.15) is 0 Å². The highest BCUT2D eigenvalue weighted by molar-refractivity contribution is 7.76. The molecule has 102 valence electrons. The molecule has 2 atom stereocenters. The summed E-state index contributed by atoms with van der Waals surface area (Å²) >= 11 is 0. The van der Waals surface area contributed by atoms with Crippen molar-refractivity contribution in [3.63, 3.8) is 0 Å². The minimum Gasteiger partial charge on any atom is -0.362 e. The van der Waals surface area contributed by atoms with E-state index in [0.29, 0.717) is 4.40 Å². The third-order valence-electron chi connectivity index (χ3n) is 4.21.